The molecule has 0 aromatic heterocycles. The van der Waals surface area contributed by atoms with Gasteiger partial charge >= 0.3 is 5.97 Å². The maximum absolute atomic E-state index is 11.2. The topological polar surface area (TPSA) is 46.5 Å². The molecule has 0 saturated carbocycles. The van der Waals surface area contributed by atoms with Crippen LogP contribution in [0.4, 0.5) is 0 Å². The van der Waals surface area contributed by atoms with Crippen molar-refractivity contribution in [1.29, 1.82) is 0 Å². The summed E-state index contributed by atoms with van der Waals surface area (Å²) in [5, 5.41) is 9.73. The molecule has 20 heavy (non-hydrogen) atoms. The number of hydrogen-bond acceptors (Lipinski definition) is 2. The summed E-state index contributed by atoms with van der Waals surface area (Å²) in [5.74, 6) is -0.507. The van der Waals surface area contributed by atoms with Crippen LogP contribution in [-0.2, 0) is 4.79 Å². The largest absolute Gasteiger partial charge is 0.496 e. The molecule has 2 aromatic rings. The van der Waals surface area contributed by atoms with Crippen molar-refractivity contribution in [3.63, 3.8) is 0 Å². The highest BCUT2D eigenvalue weighted by atomic mass is 35.5. The molecule has 4 heteroatoms. The fraction of sp³-hybridized carbons (Fsp3) is 0.188. The molecule has 3 nitrogen and oxygen atoms in total. The lowest BCUT2D eigenvalue weighted by atomic mass is 9.88. The predicted octanol–water partition coefficient (Wildman–Crippen LogP) is 3.96. The van der Waals surface area contributed by atoms with E-state index in [1.54, 1.807) is 25.3 Å². The smallest absolute Gasteiger partial charge is 0.304 e. The Morgan fingerprint density at radius 1 is 1.25 bits per heavy atom. The molecule has 0 heterocycles. The summed E-state index contributed by atoms with van der Waals surface area (Å²) in [4.78, 5) is 11.2. The van der Waals surface area contributed by atoms with Gasteiger partial charge in [0.2, 0.25) is 0 Å². The Kier molecular flexibility index (Phi) is 4.64. The summed E-state index contributed by atoms with van der Waals surface area (Å²) in [6.45, 7) is 0. The maximum Gasteiger partial charge on any atom is 0.304 e. The highest BCUT2D eigenvalue weighted by Crippen LogP contribution is 2.36. The Morgan fingerprint density at radius 3 is 2.55 bits per heavy atom. The van der Waals surface area contributed by atoms with Gasteiger partial charge in [-0.15, -0.1) is 0 Å². The Labute approximate surface area is 122 Å². The predicted molar refractivity (Wildman–Crippen MR) is 78.5 cm³/mol. The number of ether oxygens (including phenoxy) is 1. The normalized spacial score (nSPS) is 11.9. The minimum Gasteiger partial charge on any atom is -0.496 e. The number of benzene rings is 2. The number of carboxylic acids is 1. The van der Waals surface area contributed by atoms with Crippen molar-refractivity contribution in [3.8, 4) is 5.75 Å². The van der Waals surface area contributed by atoms with Gasteiger partial charge in [-0.2, -0.15) is 0 Å². The monoisotopic (exact) mass is 290 g/mol. The van der Waals surface area contributed by atoms with E-state index in [-0.39, 0.29) is 12.3 Å². The van der Waals surface area contributed by atoms with Crippen LogP contribution < -0.4 is 4.74 Å². The molecule has 1 atom stereocenters. The number of rotatable bonds is 5. The van der Waals surface area contributed by atoms with E-state index in [0.717, 1.165) is 11.1 Å². The number of carbonyl (C=O) groups is 1. The third-order valence-electron chi connectivity index (χ3n) is 3.15. The van der Waals surface area contributed by atoms with Gasteiger partial charge in [-0.1, -0.05) is 41.9 Å². The van der Waals surface area contributed by atoms with E-state index >= 15 is 0 Å². The molecule has 0 saturated heterocycles. The summed E-state index contributed by atoms with van der Waals surface area (Å²) >= 11 is 6.04. The Bertz CT molecular complexity index is 596. The van der Waals surface area contributed by atoms with E-state index in [1.165, 1.54) is 0 Å². The summed E-state index contributed by atoms with van der Waals surface area (Å²) in [7, 11) is 1.57. The first kappa shape index (κ1) is 14.4. The second-order valence-electron chi connectivity index (χ2n) is 4.45. The van der Waals surface area contributed by atoms with E-state index in [4.69, 9.17) is 21.4 Å². The van der Waals surface area contributed by atoms with Gasteiger partial charge < -0.3 is 9.84 Å². The van der Waals surface area contributed by atoms with E-state index in [0.29, 0.717) is 10.8 Å². The second-order valence-corrected chi connectivity index (χ2v) is 4.88. The van der Waals surface area contributed by atoms with Crippen molar-refractivity contribution < 1.29 is 14.6 Å². The van der Waals surface area contributed by atoms with Crippen LogP contribution in [-0.4, -0.2) is 18.2 Å². The first-order chi connectivity index (χ1) is 9.61. The third-order valence-corrected chi connectivity index (χ3v) is 3.38. The fourth-order valence-corrected chi connectivity index (χ4v) is 2.43. The Balaban J connectivity index is 2.51. The molecule has 0 unspecified atom stereocenters. The summed E-state index contributed by atoms with van der Waals surface area (Å²) in [6.07, 6.45) is -0.0132. The van der Waals surface area contributed by atoms with E-state index in [9.17, 15) is 4.79 Å². The average Bonchev–Trinajstić information content (AvgIpc) is 2.45. The molecule has 0 aliphatic carbocycles. The van der Waals surface area contributed by atoms with Gasteiger partial charge in [-0.05, 0) is 23.8 Å². The van der Waals surface area contributed by atoms with Crippen LogP contribution in [0.2, 0.25) is 5.02 Å². The van der Waals surface area contributed by atoms with Gasteiger partial charge in [0.25, 0.3) is 0 Å². The third kappa shape index (κ3) is 3.31. The van der Waals surface area contributed by atoms with Crippen LogP contribution in [0.1, 0.15) is 23.5 Å². The van der Waals surface area contributed by atoms with Crippen LogP contribution >= 0.6 is 11.6 Å². The number of carboxylic acid groups (broad SMARTS) is 1. The molecule has 0 spiro atoms. The molecule has 2 rings (SSSR count). The van der Waals surface area contributed by atoms with Gasteiger partial charge in [0.05, 0.1) is 13.5 Å². The minimum atomic E-state index is -0.860. The molecule has 0 fully saturated rings. The Morgan fingerprint density at radius 2 is 1.95 bits per heavy atom. The van der Waals surface area contributed by atoms with Crippen LogP contribution in [0.3, 0.4) is 0 Å². The molecule has 0 bridgehead atoms. The molecule has 0 aliphatic rings. The van der Waals surface area contributed by atoms with Crippen molar-refractivity contribution in [1.82, 2.24) is 0 Å². The summed E-state index contributed by atoms with van der Waals surface area (Å²) < 4.78 is 5.33. The van der Waals surface area contributed by atoms with Gasteiger partial charge in [0.15, 0.2) is 0 Å². The summed E-state index contributed by atoms with van der Waals surface area (Å²) in [5.41, 5.74) is 1.71. The van der Waals surface area contributed by atoms with Crippen molar-refractivity contribution in [2.75, 3.05) is 7.11 Å². The zero-order valence-corrected chi connectivity index (χ0v) is 11.8. The number of halogens is 1. The molecule has 0 radical (unpaired) electrons. The van der Waals surface area contributed by atoms with Crippen molar-refractivity contribution in [2.24, 2.45) is 0 Å². The first-order valence-electron chi connectivity index (χ1n) is 6.22. The second kappa shape index (κ2) is 6.44. The standard InChI is InChI=1S/C16H15ClO3/c1-20-15-8-7-12(17)9-14(15)13(10-16(18)19)11-5-3-2-4-6-11/h2-9,13H,10H2,1H3,(H,18,19)/t13-/m0/s1. The van der Waals surface area contributed by atoms with E-state index in [2.05, 4.69) is 0 Å². The quantitative estimate of drug-likeness (QED) is 0.907. The van der Waals surface area contributed by atoms with Crippen LogP contribution in [0.5, 0.6) is 5.75 Å². The molecule has 0 amide bonds. The minimum absolute atomic E-state index is 0.0132. The lowest BCUT2D eigenvalue weighted by molar-refractivity contribution is -0.137. The molecule has 2 aromatic carbocycles. The lowest BCUT2D eigenvalue weighted by Crippen LogP contribution is -2.09. The zero-order chi connectivity index (χ0) is 14.5. The highest BCUT2D eigenvalue weighted by molar-refractivity contribution is 6.30. The van der Waals surface area contributed by atoms with Gasteiger partial charge in [0, 0.05) is 16.5 Å². The number of hydrogen-bond donors (Lipinski definition) is 1. The van der Waals surface area contributed by atoms with Crippen LogP contribution in [0.15, 0.2) is 48.5 Å². The van der Waals surface area contributed by atoms with Crippen LogP contribution in [0, 0.1) is 0 Å². The fourth-order valence-electron chi connectivity index (χ4n) is 2.24. The maximum atomic E-state index is 11.2. The van der Waals surface area contributed by atoms with Crippen molar-refractivity contribution in [2.45, 2.75) is 12.3 Å². The lowest BCUT2D eigenvalue weighted by Gasteiger charge is -2.19. The highest BCUT2D eigenvalue weighted by Gasteiger charge is 2.21. The Hall–Kier alpha value is -2.00. The van der Waals surface area contributed by atoms with Gasteiger partial charge in [-0.3, -0.25) is 4.79 Å². The zero-order valence-electron chi connectivity index (χ0n) is 11.0. The average molecular weight is 291 g/mol. The number of aliphatic carboxylic acids is 1. The van der Waals surface area contributed by atoms with Gasteiger partial charge in [-0.25, -0.2) is 0 Å². The van der Waals surface area contributed by atoms with Gasteiger partial charge in [0.1, 0.15) is 5.75 Å². The van der Waals surface area contributed by atoms with E-state index in [1.807, 2.05) is 30.3 Å². The van der Waals surface area contributed by atoms with Crippen LogP contribution in [0.25, 0.3) is 0 Å². The molecular formula is C16H15ClO3. The molecule has 104 valence electrons. The number of methoxy groups -OCH3 is 1. The molecule has 0 aliphatic heterocycles. The first-order valence-corrected chi connectivity index (χ1v) is 6.59. The SMILES string of the molecule is COc1ccc(Cl)cc1[C@@H](CC(=O)O)c1ccccc1. The van der Waals surface area contributed by atoms with Crippen molar-refractivity contribution >= 4 is 17.6 Å². The molecular weight excluding hydrogens is 276 g/mol. The van der Waals surface area contributed by atoms with E-state index < -0.39 is 5.97 Å². The van der Waals surface area contributed by atoms with Crippen molar-refractivity contribution in [3.05, 3.63) is 64.7 Å². The molecule has 1 N–H and O–H groups in total. The summed E-state index contributed by atoms with van der Waals surface area (Å²) in [6, 6.07) is 14.8.